The summed E-state index contributed by atoms with van der Waals surface area (Å²) in [5.74, 6) is 0. The van der Waals surface area contributed by atoms with Gasteiger partial charge in [0.2, 0.25) is 0 Å². The van der Waals surface area contributed by atoms with E-state index in [1.54, 1.807) is 6.20 Å². The average molecular weight is 259 g/mol. The van der Waals surface area contributed by atoms with Crippen molar-refractivity contribution < 1.29 is 0 Å². The number of hydrogen-bond acceptors (Lipinski definition) is 5. The molecule has 0 spiro atoms. The number of benzene rings is 2. The molecule has 0 aliphatic rings. The molecule has 0 unspecified atom stereocenters. The van der Waals surface area contributed by atoms with Crippen LogP contribution in [0.4, 0.5) is 0 Å². The molecule has 2 aromatic heterocycles. The van der Waals surface area contributed by atoms with Crippen molar-refractivity contribution in [1.29, 1.82) is 0 Å². The first-order valence-electron chi connectivity index (χ1n) is 6.22. The first kappa shape index (κ1) is 10.9. The second-order valence-corrected chi connectivity index (χ2v) is 4.46. The topological polar surface area (TPSA) is 64.5 Å². The summed E-state index contributed by atoms with van der Waals surface area (Å²) in [5.41, 5.74) is 3.57. The molecular weight excluding hydrogens is 250 g/mol. The van der Waals surface area contributed by atoms with Crippen LogP contribution in [0.2, 0.25) is 0 Å². The van der Waals surface area contributed by atoms with E-state index in [0.29, 0.717) is 5.69 Å². The highest BCUT2D eigenvalue weighted by molar-refractivity contribution is 6.00. The quantitative estimate of drug-likeness (QED) is 0.492. The molecule has 0 saturated heterocycles. The van der Waals surface area contributed by atoms with Crippen LogP contribution in [0, 0.1) is 0 Å². The smallest absolute Gasteiger partial charge is 0.116 e. The number of rotatable bonds is 1. The third-order valence-electron chi connectivity index (χ3n) is 3.26. The highest BCUT2D eigenvalue weighted by atomic mass is 15.4. The third-order valence-corrected chi connectivity index (χ3v) is 3.26. The van der Waals surface area contributed by atoms with Gasteiger partial charge in [-0.2, -0.15) is 0 Å². The van der Waals surface area contributed by atoms with Gasteiger partial charge >= 0.3 is 0 Å². The minimum Gasteiger partial charge on any atom is -0.248 e. The van der Waals surface area contributed by atoms with E-state index in [0.717, 1.165) is 27.4 Å². The van der Waals surface area contributed by atoms with Crippen molar-refractivity contribution in [3.63, 3.8) is 0 Å². The van der Waals surface area contributed by atoms with E-state index in [1.807, 2.05) is 36.4 Å². The lowest BCUT2D eigenvalue weighted by Gasteiger charge is -2.06. The van der Waals surface area contributed by atoms with Gasteiger partial charge in [0.25, 0.3) is 0 Å². The summed E-state index contributed by atoms with van der Waals surface area (Å²) in [5, 5.41) is 17.0. The molecule has 0 bridgehead atoms. The molecule has 5 nitrogen and oxygen atoms in total. The van der Waals surface area contributed by atoms with E-state index < -0.39 is 0 Å². The van der Waals surface area contributed by atoms with E-state index >= 15 is 0 Å². The van der Waals surface area contributed by atoms with E-state index in [-0.39, 0.29) is 0 Å². The second kappa shape index (κ2) is 4.31. The van der Waals surface area contributed by atoms with Gasteiger partial charge in [0.1, 0.15) is 5.69 Å². The van der Waals surface area contributed by atoms with Gasteiger partial charge in [0, 0.05) is 16.3 Å². The lowest BCUT2D eigenvalue weighted by Crippen LogP contribution is -1.94. The Kier molecular flexibility index (Phi) is 2.35. The van der Waals surface area contributed by atoms with Crippen LogP contribution in [-0.2, 0) is 0 Å². The van der Waals surface area contributed by atoms with Crippen LogP contribution in [0.25, 0.3) is 33.1 Å². The Labute approximate surface area is 114 Å². The molecule has 94 valence electrons. The fourth-order valence-electron chi connectivity index (χ4n) is 2.34. The molecule has 0 amide bonds. The number of aromatic nitrogens is 5. The van der Waals surface area contributed by atoms with E-state index in [2.05, 4.69) is 37.7 Å². The van der Waals surface area contributed by atoms with Crippen molar-refractivity contribution in [3.8, 4) is 11.3 Å². The maximum atomic E-state index is 4.68. The Morgan fingerprint density at radius 2 is 1.70 bits per heavy atom. The molecule has 0 saturated carbocycles. The fourth-order valence-corrected chi connectivity index (χ4v) is 2.34. The highest BCUT2D eigenvalue weighted by Crippen LogP contribution is 2.28. The van der Waals surface area contributed by atoms with Crippen LogP contribution in [0.15, 0.2) is 54.7 Å². The zero-order chi connectivity index (χ0) is 13.4. The Balaban J connectivity index is 2.09. The monoisotopic (exact) mass is 259 g/mol. The molecule has 0 aliphatic heterocycles. The Morgan fingerprint density at radius 3 is 2.60 bits per heavy atom. The number of pyridine rings is 1. The molecule has 5 heteroatoms. The number of para-hydroxylation sites is 1. The fraction of sp³-hybridized carbons (Fsp3) is 0. The number of nitrogens with zero attached hydrogens (tertiary/aromatic N) is 5. The molecule has 0 N–H and O–H groups in total. The van der Waals surface area contributed by atoms with Crippen molar-refractivity contribution in [3.05, 3.63) is 54.7 Å². The second-order valence-electron chi connectivity index (χ2n) is 4.46. The maximum Gasteiger partial charge on any atom is 0.116 e. The molecule has 4 rings (SSSR count). The molecule has 4 aromatic rings. The predicted molar refractivity (Wildman–Crippen MR) is 75.9 cm³/mol. The molecule has 2 heterocycles. The minimum absolute atomic E-state index is 0.697. The van der Waals surface area contributed by atoms with Crippen LogP contribution in [0.3, 0.4) is 0 Å². The van der Waals surface area contributed by atoms with Crippen molar-refractivity contribution in [2.45, 2.75) is 0 Å². The van der Waals surface area contributed by atoms with Gasteiger partial charge in [-0.15, -0.1) is 10.2 Å². The Morgan fingerprint density at radius 1 is 0.800 bits per heavy atom. The summed E-state index contributed by atoms with van der Waals surface area (Å²) in [6.07, 6.45) is 1.61. The van der Waals surface area contributed by atoms with Gasteiger partial charge in [-0.1, -0.05) is 30.3 Å². The summed E-state index contributed by atoms with van der Waals surface area (Å²) in [7, 11) is 0. The third kappa shape index (κ3) is 1.68. The average Bonchev–Trinajstić information content (AvgIpc) is 2.53. The predicted octanol–water partition coefficient (Wildman–Crippen LogP) is 2.64. The summed E-state index contributed by atoms with van der Waals surface area (Å²) in [6.45, 7) is 0. The first-order valence-corrected chi connectivity index (χ1v) is 6.22. The van der Waals surface area contributed by atoms with Gasteiger partial charge in [-0.3, -0.25) is 0 Å². The lowest BCUT2D eigenvalue weighted by molar-refractivity contribution is 0.767. The summed E-state index contributed by atoms with van der Waals surface area (Å²) in [4.78, 5) is 4.68. The minimum atomic E-state index is 0.697. The summed E-state index contributed by atoms with van der Waals surface area (Å²) < 4.78 is 0. The lowest BCUT2D eigenvalue weighted by atomic mass is 10.0. The maximum absolute atomic E-state index is 4.68. The van der Waals surface area contributed by atoms with E-state index in [9.17, 15) is 0 Å². The Bertz CT molecular complexity index is 905. The first-order chi connectivity index (χ1) is 9.92. The molecular formula is C15H9N5. The van der Waals surface area contributed by atoms with Crippen LogP contribution in [0.1, 0.15) is 0 Å². The molecule has 0 atom stereocenters. The van der Waals surface area contributed by atoms with Gasteiger partial charge in [-0.25, -0.2) is 4.98 Å². The van der Waals surface area contributed by atoms with Crippen LogP contribution in [0.5, 0.6) is 0 Å². The van der Waals surface area contributed by atoms with Gasteiger partial charge in [-0.05, 0) is 28.6 Å². The van der Waals surface area contributed by atoms with Crippen molar-refractivity contribution in [2.24, 2.45) is 0 Å². The van der Waals surface area contributed by atoms with Crippen molar-refractivity contribution >= 4 is 21.8 Å². The van der Waals surface area contributed by atoms with Crippen LogP contribution in [-0.4, -0.2) is 25.6 Å². The zero-order valence-electron chi connectivity index (χ0n) is 10.4. The van der Waals surface area contributed by atoms with Crippen LogP contribution >= 0.6 is 0 Å². The summed E-state index contributed by atoms with van der Waals surface area (Å²) >= 11 is 0. The van der Waals surface area contributed by atoms with Gasteiger partial charge in [0.15, 0.2) is 0 Å². The highest BCUT2D eigenvalue weighted by Gasteiger charge is 2.07. The number of hydrogen-bond donors (Lipinski definition) is 0. The van der Waals surface area contributed by atoms with Gasteiger partial charge < -0.3 is 0 Å². The molecule has 0 aliphatic carbocycles. The molecule has 0 radical (unpaired) electrons. The molecule has 2 aromatic carbocycles. The zero-order valence-corrected chi connectivity index (χ0v) is 10.4. The SMILES string of the molecule is c1ccc2nc3cccc(-c4cnnnn4)c3cc2c1. The van der Waals surface area contributed by atoms with E-state index in [4.69, 9.17) is 0 Å². The normalized spacial score (nSPS) is 11.0. The van der Waals surface area contributed by atoms with Crippen molar-refractivity contribution in [1.82, 2.24) is 25.6 Å². The Hall–Kier alpha value is -2.95. The van der Waals surface area contributed by atoms with Crippen molar-refractivity contribution in [2.75, 3.05) is 0 Å². The molecule has 20 heavy (non-hydrogen) atoms. The van der Waals surface area contributed by atoms with Crippen LogP contribution < -0.4 is 0 Å². The standard InChI is InChI=1S/C15H9N5/c1-2-6-13-10(4-1)8-12-11(5-3-7-14(12)17-13)15-9-16-19-20-18-15/h1-9H. The van der Waals surface area contributed by atoms with E-state index in [1.165, 1.54) is 0 Å². The van der Waals surface area contributed by atoms with Gasteiger partial charge in [0.05, 0.1) is 17.2 Å². The number of fused-ring (bicyclic) bond motifs is 2. The molecule has 0 fully saturated rings. The summed E-state index contributed by atoms with van der Waals surface area (Å²) in [6, 6.07) is 16.1. The largest absolute Gasteiger partial charge is 0.248 e.